The molecule has 8 heteroatoms. The summed E-state index contributed by atoms with van der Waals surface area (Å²) in [6.45, 7) is 5.09. The summed E-state index contributed by atoms with van der Waals surface area (Å²) >= 11 is 6.31. The molecule has 0 bridgehead atoms. The van der Waals surface area contributed by atoms with Gasteiger partial charge in [0.15, 0.2) is 0 Å². The molecule has 0 saturated carbocycles. The Balaban J connectivity index is 1.61. The van der Waals surface area contributed by atoms with E-state index >= 15 is 0 Å². The van der Waals surface area contributed by atoms with Crippen molar-refractivity contribution in [3.63, 3.8) is 0 Å². The number of nitrogens with one attached hydrogen (secondary N) is 1. The molecule has 3 amide bonds. The van der Waals surface area contributed by atoms with Crippen molar-refractivity contribution in [2.24, 2.45) is 5.92 Å². The predicted octanol–water partition coefficient (Wildman–Crippen LogP) is 4.65. The number of nitrogens with zero attached hydrogens (tertiary/aromatic N) is 3. The average molecular weight is 433 g/mol. The molecule has 2 aromatic rings. The molecular weight excluding hydrogens is 407 g/mol. The molecule has 0 spiro atoms. The molecule has 1 N–H and O–H groups in total. The van der Waals surface area contributed by atoms with Gasteiger partial charge < -0.3 is 15.1 Å². The highest BCUT2D eigenvalue weighted by molar-refractivity contribution is 6.33. The van der Waals surface area contributed by atoms with Gasteiger partial charge >= 0.3 is 6.03 Å². The van der Waals surface area contributed by atoms with Crippen molar-refractivity contribution < 1.29 is 14.0 Å². The number of hydrogen-bond donors (Lipinski definition) is 1. The Morgan fingerprint density at radius 2 is 1.97 bits per heavy atom. The van der Waals surface area contributed by atoms with E-state index in [2.05, 4.69) is 10.3 Å². The van der Waals surface area contributed by atoms with Crippen molar-refractivity contribution in [1.82, 2.24) is 14.8 Å². The van der Waals surface area contributed by atoms with Crippen molar-refractivity contribution in [2.75, 3.05) is 25.5 Å². The Morgan fingerprint density at radius 1 is 1.27 bits per heavy atom. The quantitative estimate of drug-likeness (QED) is 0.764. The second kappa shape index (κ2) is 9.43. The van der Waals surface area contributed by atoms with E-state index in [1.54, 1.807) is 30.1 Å². The van der Waals surface area contributed by atoms with E-state index in [0.29, 0.717) is 35.1 Å². The van der Waals surface area contributed by atoms with Gasteiger partial charge in [-0.15, -0.1) is 0 Å². The van der Waals surface area contributed by atoms with Crippen LogP contribution in [-0.2, 0) is 4.79 Å². The van der Waals surface area contributed by atoms with E-state index in [1.165, 1.54) is 18.3 Å². The van der Waals surface area contributed by atoms with Crippen LogP contribution in [0.15, 0.2) is 36.5 Å². The van der Waals surface area contributed by atoms with Crippen molar-refractivity contribution in [3.05, 3.63) is 47.4 Å². The summed E-state index contributed by atoms with van der Waals surface area (Å²) in [5.74, 6) is -0.236. The van der Waals surface area contributed by atoms with Crippen LogP contribution in [0.3, 0.4) is 0 Å². The maximum absolute atomic E-state index is 13.5. The Bertz CT molecular complexity index is 929. The first-order chi connectivity index (χ1) is 14.3. The third-order valence-electron chi connectivity index (χ3n) is 5.33. The molecule has 1 aliphatic rings. The van der Waals surface area contributed by atoms with Crippen LogP contribution in [0.5, 0.6) is 0 Å². The Morgan fingerprint density at radius 3 is 2.57 bits per heavy atom. The Kier molecular flexibility index (Phi) is 6.92. The molecule has 1 fully saturated rings. The minimum absolute atomic E-state index is 0.0184. The average Bonchev–Trinajstić information content (AvgIpc) is 2.72. The number of piperidine rings is 1. The van der Waals surface area contributed by atoms with Crippen LogP contribution in [0, 0.1) is 11.7 Å². The van der Waals surface area contributed by atoms with Crippen molar-refractivity contribution in [3.8, 4) is 11.3 Å². The van der Waals surface area contributed by atoms with Gasteiger partial charge in [0, 0.05) is 37.7 Å². The molecule has 6 nitrogen and oxygen atoms in total. The first kappa shape index (κ1) is 22.0. The van der Waals surface area contributed by atoms with Gasteiger partial charge in [-0.3, -0.25) is 9.78 Å². The molecule has 2 heterocycles. The summed E-state index contributed by atoms with van der Waals surface area (Å²) in [7, 11) is 1.75. The smallest absolute Gasteiger partial charge is 0.321 e. The van der Waals surface area contributed by atoms with E-state index in [9.17, 15) is 14.0 Å². The number of halogens is 2. The number of likely N-dealkylation sites (tertiary alicyclic amines) is 1. The largest absolute Gasteiger partial charge is 0.342 e. The van der Waals surface area contributed by atoms with Crippen molar-refractivity contribution >= 4 is 29.2 Å². The molecule has 3 rings (SSSR count). The summed E-state index contributed by atoms with van der Waals surface area (Å²) in [6.07, 6.45) is 2.97. The fraction of sp³-hybridized carbons (Fsp3) is 0.409. The van der Waals surface area contributed by atoms with Gasteiger partial charge in [0.25, 0.3) is 0 Å². The van der Waals surface area contributed by atoms with Crippen LogP contribution in [0.25, 0.3) is 11.3 Å². The molecular formula is C22H26ClFN4O2. The topological polar surface area (TPSA) is 65.5 Å². The van der Waals surface area contributed by atoms with Crippen LogP contribution in [0.2, 0.25) is 5.02 Å². The normalized spacial score (nSPS) is 14.7. The number of aromatic nitrogens is 1. The van der Waals surface area contributed by atoms with Crippen LogP contribution in [0.1, 0.15) is 26.7 Å². The van der Waals surface area contributed by atoms with E-state index in [1.807, 2.05) is 18.7 Å². The third kappa shape index (κ3) is 5.08. The zero-order valence-electron chi connectivity index (χ0n) is 17.4. The van der Waals surface area contributed by atoms with Gasteiger partial charge in [0.05, 0.1) is 22.6 Å². The number of amides is 3. The van der Waals surface area contributed by atoms with Crippen molar-refractivity contribution in [1.29, 1.82) is 0 Å². The second-order valence-corrected chi connectivity index (χ2v) is 8.22. The maximum Gasteiger partial charge on any atom is 0.321 e. The molecule has 1 saturated heterocycles. The lowest BCUT2D eigenvalue weighted by molar-refractivity contribution is -0.135. The molecule has 0 radical (unpaired) electrons. The molecule has 1 aliphatic heterocycles. The summed E-state index contributed by atoms with van der Waals surface area (Å²) in [5, 5.41) is 3.13. The molecule has 160 valence electrons. The summed E-state index contributed by atoms with van der Waals surface area (Å²) in [4.78, 5) is 32.6. The molecule has 30 heavy (non-hydrogen) atoms. The van der Waals surface area contributed by atoms with E-state index in [0.717, 1.165) is 12.8 Å². The highest BCUT2D eigenvalue weighted by Gasteiger charge is 2.28. The third-order valence-corrected chi connectivity index (χ3v) is 5.62. The number of hydrogen-bond acceptors (Lipinski definition) is 3. The van der Waals surface area contributed by atoms with Gasteiger partial charge in [0.2, 0.25) is 5.91 Å². The fourth-order valence-electron chi connectivity index (χ4n) is 3.57. The van der Waals surface area contributed by atoms with Crippen LogP contribution in [-0.4, -0.2) is 52.9 Å². The summed E-state index contributed by atoms with van der Waals surface area (Å²) in [5.41, 5.74) is 1.48. The number of carbonyl (C=O) groups is 2. The predicted molar refractivity (Wildman–Crippen MR) is 116 cm³/mol. The number of urea groups is 1. The Labute approximate surface area is 181 Å². The standard InChI is InChI=1S/C22H26ClFN4O2/c1-14(2)21(29)28-9-7-18(8-10-28)27(3)22(30)26-17-12-19(23)20(25-13-17)15-5-4-6-16(24)11-15/h4-6,11-14,18H,7-10H2,1-3H3,(H,26,30). The monoisotopic (exact) mass is 432 g/mol. The highest BCUT2D eigenvalue weighted by Crippen LogP contribution is 2.28. The van der Waals surface area contributed by atoms with Gasteiger partial charge in [-0.2, -0.15) is 0 Å². The highest BCUT2D eigenvalue weighted by atomic mass is 35.5. The van der Waals surface area contributed by atoms with Gasteiger partial charge in [-0.05, 0) is 31.0 Å². The van der Waals surface area contributed by atoms with Gasteiger partial charge in [-0.1, -0.05) is 37.6 Å². The molecule has 0 unspecified atom stereocenters. The lowest BCUT2D eigenvalue weighted by Crippen LogP contribution is -2.49. The first-order valence-electron chi connectivity index (χ1n) is 10.0. The van der Waals surface area contributed by atoms with Crippen LogP contribution >= 0.6 is 11.6 Å². The summed E-state index contributed by atoms with van der Waals surface area (Å²) < 4.78 is 13.5. The summed E-state index contributed by atoms with van der Waals surface area (Å²) in [6, 6.07) is 7.41. The lowest BCUT2D eigenvalue weighted by Gasteiger charge is -2.37. The zero-order chi connectivity index (χ0) is 21.8. The van der Waals surface area contributed by atoms with Crippen LogP contribution in [0.4, 0.5) is 14.9 Å². The van der Waals surface area contributed by atoms with E-state index < -0.39 is 0 Å². The lowest BCUT2D eigenvalue weighted by atomic mass is 10.0. The minimum Gasteiger partial charge on any atom is -0.342 e. The van der Waals surface area contributed by atoms with E-state index in [-0.39, 0.29) is 29.7 Å². The number of benzene rings is 1. The van der Waals surface area contributed by atoms with Gasteiger partial charge in [0.1, 0.15) is 5.82 Å². The maximum atomic E-state index is 13.5. The minimum atomic E-state index is -0.370. The first-order valence-corrected chi connectivity index (χ1v) is 10.4. The fourth-order valence-corrected chi connectivity index (χ4v) is 3.85. The molecule has 1 aromatic carbocycles. The van der Waals surface area contributed by atoms with Gasteiger partial charge in [-0.25, -0.2) is 9.18 Å². The SMILES string of the molecule is CC(C)C(=O)N1CCC(N(C)C(=O)Nc2cnc(-c3cccc(F)c3)c(Cl)c2)CC1. The van der Waals surface area contributed by atoms with Crippen LogP contribution < -0.4 is 5.32 Å². The zero-order valence-corrected chi connectivity index (χ0v) is 18.1. The molecule has 1 aromatic heterocycles. The number of carbonyl (C=O) groups excluding carboxylic acids is 2. The number of rotatable bonds is 4. The molecule has 0 aliphatic carbocycles. The number of pyridine rings is 1. The second-order valence-electron chi connectivity index (χ2n) is 7.82. The number of anilines is 1. The molecule has 0 atom stereocenters. The van der Waals surface area contributed by atoms with Crippen molar-refractivity contribution in [2.45, 2.75) is 32.7 Å². The Hall–Kier alpha value is -2.67. The van der Waals surface area contributed by atoms with E-state index in [4.69, 9.17) is 11.6 Å².